The van der Waals surface area contributed by atoms with Crippen molar-refractivity contribution in [2.75, 3.05) is 38.2 Å². The standard InChI is InChI=1S/C25H26ClF3N6O3/c1-32(24(38)16-8-10-33(13-16)22(37)14-36)23(25(27,28)29)15-4-6-17(7-5-15)34-9-2-3-18-19(34)12-30-21-11-20(26)31-35(18)21/h4-7,11-12,16,23,36H,2-3,8-10,13-14H2,1H3/t16-,23-/m0/s1. The van der Waals surface area contributed by atoms with Crippen LogP contribution in [0.4, 0.5) is 24.5 Å². The zero-order chi connectivity index (χ0) is 27.2. The van der Waals surface area contributed by atoms with Gasteiger partial charge in [0.25, 0.3) is 0 Å². The van der Waals surface area contributed by atoms with Crippen LogP contribution in [0.25, 0.3) is 5.65 Å². The number of carbonyl (C=O) groups excluding carboxylic acids is 2. The SMILES string of the molecule is CN(C(=O)[C@H]1CCN(C(=O)CO)C1)[C@@H](c1ccc(N2CCCc3c2cnc2cc(Cl)nn32)cc1)C(F)(F)F. The first kappa shape index (κ1) is 26.2. The van der Waals surface area contributed by atoms with Gasteiger partial charge in [0.05, 0.1) is 23.5 Å². The van der Waals surface area contributed by atoms with Gasteiger partial charge in [0.15, 0.2) is 16.8 Å². The maximum absolute atomic E-state index is 14.2. The van der Waals surface area contributed by atoms with Crippen LogP contribution in [0, 0.1) is 5.92 Å². The molecule has 1 N–H and O–H groups in total. The number of halogens is 4. The van der Waals surface area contributed by atoms with Crippen molar-refractivity contribution in [2.45, 2.75) is 31.5 Å². The van der Waals surface area contributed by atoms with Crippen molar-refractivity contribution in [1.29, 1.82) is 0 Å². The fraction of sp³-hybridized carbons (Fsp3) is 0.440. The van der Waals surface area contributed by atoms with E-state index < -0.39 is 36.6 Å². The van der Waals surface area contributed by atoms with Crippen LogP contribution < -0.4 is 4.90 Å². The zero-order valence-electron chi connectivity index (χ0n) is 20.5. The molecule has 2 aliphatic rings. The van der Waals surface area contributed by atoms with Gasteiger partial charge in [0.1, 0.15) is 6.61 Å². The number of hydrogen-bond donors (Lipinski definition) is 1. The summed E-state index contributed by atoms with van der Waals surface area (Å²) in [6, 6.07) is 5.51. The third-order valence-electron chi connectivity index (χ3n) is 7.21. The number of anilines is 2. The Labute approximate surface area is 221 Å². The fourth-order valence-corrected chi connectivity index (χ4v) is 5.54. The minimum Gasteiger partial charge on any atom is -0.387 e. The molecule has 2 atom stereocenters. The number of alkyl halides is 3. The van der Waals surface area contributed by atoms with Gasteiger partial charge in [-0.3, -0.25) is 9.59 Å². The first-order valence-corrected chi connectivity index (χ1v) is 12.6. The molecule has 1 fully saturated rings. The van der Waals surface area contributed by atoms with E-state index >= 15 is 0 Å². The zero-order valence-corrected chi connectivity index (χ0v) is 21.3. The summed E-state index contributed by atoms with van der Waals surface area (Å²) < 4.78 is 44.4. The van der Waals surface area contributed by atoms with Crippen LogP contribution in [-0.2, 0) is 16.0 Å². The van der Waals surface area contributed by atoms with Gasteiger partial charge in [-0.1, -0.05) is 23.7 Å². The highest BCUT2D eigenvalue weighted by Gasteiger charge is 2.47. The van der Waals surface area contributed by atoms with Crippen LogP contribution in [0.15, 0.2) is 36.5 Å². The van der Waals surface area contributed by atoms with Crippen LogP contribution >= 0.6 is 11.6 Å². The Morgan fingerprint density at radius 3 is 2.66 bits per heavy atom. The van der Waals surface area contributed by atoms with Crippen molar-refractivity contribution in [3.05, 3.63) is 52.9 Å². The molecule has 0 aliphatic carbocycles. The van der Waals surface area contributed by atoms with Crippen LogP contribution in [0.3, 0.4) is 0 Å². The molecule has 3 aromatic rings. The summed E-state index contributed by atoms with van der Waals surface area (Å²) in [4.78, 5) is 33.1. The molecule has 202 valence electrons. The molecule has 2 aliphatic heterocycles. The lowest BCUT2D eigenvalue weighted by molar-refractivity contribution is -0.190. The van der Waals surface area contributed by atoms with Crippen molar-refractivity contribution >= 4 is 40.4 Å². The second-order valence-electron chi connectivity index (χ2n) is 9.55. The van der Waals surface area contributed by atoms with Crippen LogP contribution in [0.1, 0.15) is 30.1 Å². The summed E-state index contributed by atoms with van der Waals surface area (Å²) in [5, 5.41) is 13.7. The average Bonchev–Trinajstić information content (AvgIpc) is 3.54. The predicted octanol–water partition coefficient (Wildman–Crippen LogP) is 3.37. The van der Waals surface area contributed by atoms with Crippen molar-refractivity contribution in [3.63, 3.8) is 0 Å². The molecule has 0 bridgehead atoms. The van der Waals surface area contributed by atoms with E-state index in [4.69, 9.17) is 16.7 Å². The number of nitrogens with zero attached hydrogens (tertiary/aromatic N) is 6. The Balaban J connectivity index is 1.39. The van der Waals surface area contributed by atoms with Crippen LogP contribution in [-0.4, -0.2) is 80.8 Å². The Kier molecular flexibility index (Phi) is 6.95. The number of hydrogen-bond acceptors (Lipinski definition) is 6. The molecule has 1 saturated heterocycles. The Morgan fingerprint density at radius 2 is 1.97 bits per heavy atom. The Hall–Kier alpha value is -3.38. The number of aryl methyl sites for hydroxylation is 1. The maximum Gasteiger partial charge on any atom is 0.413 e. The largest absolute Gasteiger partial charge is 0.413 e. The van der Waals surface area contributed by atoms with E-state index in [1.807, 2.05) is 4.90 Å². The number of fused-ring (bicyclic) bond motifs is 3. The van der Waals surface area contributed by atoms with E-state index in [-0.39, 0.29) is 25.1 Å². The molecule has 0 radical (unpaired) electrons. The highest BCUT2D eigenvalue weighted by atomic mass is 35.5. The first-order chi connectivity index (χ1) is 18.1. The first-order valence-electron chi connectivity index (χ1n) is 12.2. The highest BCUT2D eigenvalue weighted by molar-refractivity contribution is 6.29. The molecule has 2 aromatic heterocycles. The van der Waals surface area contributed by atoms with Gasteiger partial charge in [-0.25, -0.2) is 9.50 Å². The van der Waals surface area contributed by atoms with Gasteiger partial charge < -0.3 is 19.8 Å². The average molecular weight is 551 g/mol. The summed E-state index contributed by atoms with van der Waals surface area (Å²) >= 11 is 6.05. The number of benzene rings is 1. The lowest BCUT2D eigenvalue weighted by Gasteiger charge is -2.33. The molecule has 1 aromatic carbocycles. The third kappa shape index (κ3) is 4.78. The van der Waals surface area contributed by atoms with Gasteiger partial charge in [-0.2, -0.15) is 18.3 Å². The summed E-state index contributed by atoms with van der Waals surface area (Å²) in [7, 11) is 1.14. The quantitative estimate of drug-likeness (QED) is 0.523. The minimum atomic E-state index is -4.71. The summed E-state index contributed by atoms with van der Waals surface area (Å²) in [5.74, 6) is -2.00. The third-order valence-corrected chi connectivity index (χ3v) is 7.39. The summed E-state index contributed by atoms with van der Waals surface area (Å²) in [6.07, 6.45) is -1.18. The molecule has 2 amide bonds. The molecule has 5 rings (SSSR count). The van der Waals surface area contributed by atoms with E-state index in [2.05, 4.69) is 10.1 Å². The van der Waals surface area contributed by atoms with Gasteiger partial charge in [-0.15, -0.1) is 0 Å². The molecule has 13 heteroatoms. The lowest BCUT2D eigenvalue weighted by atomic mass is 10.0. The summed E-state index contributed by atoms with van der Waals surface area (Å²) in [5.41, 5.74) is 2.97. The number of rotatable bonds is 5. The molecule has 38 heavy (non-hydrogen) atoms. The highest BCUT2D eigenvalue weighted by Crippen LogP contribution is 2.40. The number of aliphatic hydroxyl groups excluding tert-OH is 1. The molecule has 0 unspecified atom stereocenters. The normalized spacial score (nSPS) is 18.5. The number of carbonyl (C=O) groups is 2. The number of aliphatic hydroxyl groups is 1. The Morgan fingerprint density at radius 1 is 1.24 bits per heavy atom. The molecule has 4 heterocycles. The van der Waals surface area contributed by atoms with Gasteiger partial charge >= 0.3 is 6.18 Å². The number of likely N-dealkylation sites (tertiary alicyclic amines) is 1. The second kappa shape index (κ2) is 10.1. The van der Waals surface area contributed by atoms with E-state index in [1.54, 1.807) is 28.9 Å². The minimum absolute atomic E-state index is 0.0107. The van der Waals surface area contributed by atoms with E-state index in [0.717, 1.165) is 31.3 Å². The topological polar surface area (TPSA) is 94.3 Å². The molecular weight excluding hydrogens is 525 g/mol. The molecule has 0 spiro atoms. The van der Waals surface area contributed by atoms with Crippen molar-refractivity contribution < 1.29 is 27.9 Å². The predicted molar refractivity (Wildman–Crippen MR) is 133 cm³/mol. The molecule has 9 nitrogen and oxygen atoms in total. The van der Waals surface area contributed by atoms with Crippen LogP contribution in [0.2, 0.25) is 5.15 Å². The fourth-order valence-electron chi connectivity index (χ4n) is 5.37. The van der Waals surface area contributed by atoms with E-state index in [9.17, 15) is 22.8 Å². The van der Waals surface area contributed by atoms with Gasteiger partial charge in [0.2, 0.25) is 11.8 Å². The lowest BCUT2D eigenvalue weighted by Crippen LogP contribution is -2.43. The van der Waals surface area contributed by atoms with Crippen molar-refractivity contribution in [2.24, 2.45) is 5.92 Å². The number of aromatic nitrogens is 3. The number of amides is 2. The smallest absolute Gasteiger partial charge is 0.387 e. The van der Waals surface area contributed by atoms with Crippen LogP contribution in [0.5, 0.6) is 0 Å². The van der Waals surface area contributed by atoms with Gasteiger partial charge in [-0.05, 0) is 37.0 Å². The van der Waals surface area contributed by atoms with Crippen molar-refractivity contribution in [1.82, 2.24) is 24.4 Å². The van der Waals surface area contributed by atoms with Crippen molar-refractivity contribution in [3.8, 4) is 0 Å². The van der Waals surface area contributed by atoms with E-state index in [0.29, 0.717) is 27.9 Å². The van der Waals surface area contributed by atoms with E-state index in [1.165, 1.54) is 17.0 Å². The Bertz CT molecular complexity index is 1360. The molecule has 0 saturated carbocycles. The maximum atomic E-state index is 14.2. The summed E-state index contributed by atoms with van der Waals surface area (Å²) in [6.45, 7) is 0.161. The van der Waals surface area contributed by atoms with Gasteiger partial charge in [0, 0.05) is 38.4 Å². The molecular formula is C25H26ClF3N6O3. The monoisotopic (exact) mass is 550 g/mol. The second-order valence-corrected chi connectivity index (χ2v) is 9.94.